The van der Waals surface area contributed by atoms with Gasteiger partial charge in [-0.2, -0.15) is 0 Å². The third-order valence-electron chi connectivity index (χ3n) is 2.94. The van der Waals surface area contributed by atoms with Crippen LogP contribution >= 0.6 is 15.9 Å². The molecule has 0 heterocycles. The minimum Gasteiger partial charge on any atom is -0.383 e. The Morgan fingerprint density at radius 2 is 1.76 bits per heavy atom. The molecule has 0 aliphatic rings. The molecule has 0 saturated carbocycles. The molecule has 0 aromatic heterocycles. The van der Waals surface area contributed by atoms with Crippen LogP contribution in [0.3, 0.4) is 0 Å². The molecule has 0 atom stereocenters. The number of allylic oxidation sites excluding steroid dienone is 1. The molecule has 2 aromatic rings. The first-order valence-electron chi connectivity index (χ1n) is 6.90. The van der Waals surface area contributed by atoms with Crippen molar-refractivity contribution in [3.05, 3.63) is 70.2 Å². The van der Waals surface area contributed by atoms with Crippen LogP contribution in [0, 0.1) is 0 Å². The van der Waals surface area contributed by atoms with Crippen LogP contribution in [-0.2, 0) is 0 Å². The average Bonchev–Trinajstić information content (AvgIpc) is 2.46. The van der Waals surface area contributed by atoms with E-state index in [1.54, 1.807) is 6.08 Å². The van der Waals surface area contributed by atoms with Gasteiger partial charge in [0.2, 0.25) is 0 Å². The van der Waals surface area contributed by atoms with Gasteiger partial charge in [0.25, 0.3) is 0 Å². The van der Waals surface area contributed by atoms with E-state index in [1.807, 2.05) is 54.6 Å². The summed E-state index contributed by atoms with van der Waals surface area (Å²) in [4.78, 5) is 12.1. The quantitative estimate of drug-likeness (QED) is 0.599. The van der Waals surface area contributed by atoms with Crippen molar-refractivity contribution in [2.75, 3.05) is 5.32 Å². The summed E-state index contributed by atoms with van der Waals surface area (Å²) in [6.07, 6.45) is 3.43. The number of hydrogen-bond acceptors (Lipinski definition) is 2. The topological polar surface area (TPSA) is 29.1 Å². The van der Waals surface area contributed by atoms with Gasteiger partial charge in [0.05, 0.1) is 0 Å². The fourth-order valence-corrected chi connectivity index (χ4v) is 2.35. The van der Waals surface area contributed by atoms with E-state index in [0.717, 1.165) is 15.7 Å². The number of nitrogens with one attached hydrogen (secondary N) is 1. The second-order valence-electron chi connectivity index (χ2n) is 5.10. The number of anilines is 1. The minimum absolute atomic E-state index is 0.00171. The van der Waals surface area contributed by atoms with E-state index < -0.39 is 0 Å². The summed E-state index contributed by atoms with van der Waals surface area (Å²) in [7, 11) is 0. The number of ketones is 1. The maximum absolute atomic E-state index is 12.1. The standard InChI is InChI=1S/C18H18BrNO/c1-13(2)20-16-10-7-15(8-11-16)18(21)12-9-14-5-3-4-6-17(14)19/h3-13,20H,1-2H3/b12-9+. The summed E-state index contributed by atoms with van der Waals surface area (Å²) < 4.78 is 0.977. The fraction of sp³-hybridized carbons (Fsp3) is 0.167. The largest absolute Gasteiger partial charge is 0.383 e. The van der Waals surface area contributed by atoms with Gasteiger partial charge in [0.15, 0.2) is 5.78 Å². The Balaban J connectivity index is 2.08. The molecule has 0 saturated heterocycles. The van der Waals surface area contributed by atoms with Crippen LogP contribution in [-0.4, -0.2) is 11.8 Å². The second kappa shape index (κ2) is 7.23. The van der Waals surface area contributed by atoms with Crippen LogP contribution in [0.2, 0.25) is 0 Å². The Morgan fingerprint density at radius 1 is 1.10 bits per heavy atom. The van der Waals surface area contributed by atoms with Crippen LogP contribution in [0.15, 0.2) is 59.1 Å². The van der Waals surface area contributed by atoms with Crippen molar-refractivity contribution < 1.29 is 4.79 Å². The molecule has 1 N–H and O–H groups in total. The highest BCUT2D eigenvalue weighted by Gasteiger charge is 2.03. The molecule has 2 nitrogen and oxygen atoms in total. The maximum atomic E-state index is 12.1. The SMILES string of the molecule is CC(C)Nc1ccc(C(=O)/C=C/c2ccccc2Br)cc1. The summed E-state index contributed by atoms with van der Waals surface area (Å²) in [5.41, 5.74) is 2.70. The van der Waals surface area contributed by atoms with E-state index in [2.05, 4.69) is 35.1 Å². The van der Waals surface area contributed by atoms with Gasteiger partial charge in [0.1, 0.15) is 0 Å². The van der Waals surface area contributed by atoms with Crippen molar-refractivity contribution in [2.24, 2.45) is 0 Å². The molecular formula is C18H18BrNO. The van der Waals surface area contributed by atoms with Crippen molar-refractivity contribution in [3.63, 3.8) is 0 Å². The Morgan fingerprint density at radius 3 is 2.38 bits per heavy atom. The van der Waals surface area contributed by atoms with E-state index >= 15 is 0 Å². The third kappa shape index (κ3) is 4.57. The van der Waals surface area contributed by atoms with Gasteiger partial charge in [-0.3, -0.25) is 4.79 Å². The van der Waals surface area contributed by atoms with Crippen LogP contribution in [0.25, 0.3) is 6.08 Å². The van der Waals surface area contributed by atoms with Crippen molar-refractivity contribution >= 4 is 33.5 Å². The van der Waals surface area contributed by atoms with Crippen molar-refractivity contribution in [1.82, 2.24) is 0 Å². The van der Waals surface area contributed by atoms with Gasteiger partial charge in [-0.05, 0) is 61.9 Å². The van der Waals surface area contributed by atoms with Gasteiger partial charge < -0.3 is 5.32 Å². The highest BCUT2D eigenvalue weighted by molar-refractivity contribution is 9.10. The normalized spacial score (nSPS) is 11.0. The summed E-state index contributed by atoms with van der Waals surface area (Å²) in [5, 5.41) is 3.30. The maximum Gasteiger partial charge on any atom is 0.185 e. The van der Waals surface area contributed by atoms with E-state index in [4.69, 9.17) is 0 Å². The lowest BCUT2D eigenvalue weighted by Gasteiger charge is -2.09. The number of rotatable bonds is 5. The lowest BCUT2D eigenvalue weighted by Crippen LogP contribution is -2.09. The highest BCUT2D eigenvalue weighted by Crippen LogP contribution is 2.18. The molecule has 2 rings (SSSR count). The number of halogens is 1. The minimum atomic E-state index is 0.00171. The first-order chi connectivity index (χ1) is 10.1. The molecule has 108 valence electrons. The lowest BCUT2D eigenvalue weighted by atomic mass is 10.1. The molecule has 0 radical (unpaired) electrons. The summed E-state index contributed by atoms with van der Waals surface area (Å²) in [5.74, 6) is 0.00171. The summed E-state index contributed by atoms with van der Waals surface area (Å²) in [6.45, 7) is 4.17. The molecule has 21 heavy (non-hydrogen) atoms. The zero-order valence-corrected chi connectivity index (χ0v) is 13.7. The molecule has 0 fully saturated rings. The molecule has 0 amide bonds. The Bertz CT molecular complexity index is 645. The molecule has 0 bridgehead atoms. The average molecular weight is 344 g/mol. The zero-order chi connectivity index (χ0) is 15.2. The zero-order valence-electron chi connectivity index (χ0n) is 12.1. The van der Waals surface area contributed by atoms with Crippen molar-refractivity contribution in [1.29, 1.82) is 0 Å². The number of carbonyl (C=O) groups is 1. The summed E-state index contributed by atoms with van der Waals surface area (Å²) >= 11 is 3.46. The monoisotopic (exact) mass is 343 g/mol. The third-order valence-corrected chi connectivity index (χ3v) is 3.67. The van der Waals surface area contributed by atoms with E-state index in [0.29, 0.717) is 11.6 Å². The predicted molar refractivity (Wildman–Crippen MR) is 92.7 cm³/mol. The molecule has 2 aromatic carbocycles. The Hall–Kier alpha value is -1.87. The van der Waals surface area contributed by atoms with E-state index in [-0.39, 0.29) is 5.78 Å². The Kier molecular flexibility index (Phi) is 5.34. The molecule has 0 aliphatic carbocycles. The lowest BCUT2D eigenvalue weighted by molar-refractivity contribution is 0.104. The second-order valence-corrected chi connectivity index (χ2v) is 5.95. The first-order valence-corrected chi connectivity index (χ1v) is 7.69. The van der Waals surface area contributed by atoms with Crippen LogP contribution in [0.5, 0.6) is 0 Å². The number of carbonyl (C=O) groups excluding carboxylic acids is 1. The van der Waals surface area contributed by atoms with Crippen molar-refractivity contribution in [2.45, 2.75) is 19.9 Å². The molecule has 3 heteroatoms. The fourth-order valence-electron chi connectivity index (χ4n) is 1.94. The van der Waals surface area contributed by atoms with Gasteiger partial charge in [-0.15, -0.1) is 0 Å². The molecule has 0 aliphatic heterocycles. The van der Waals surface area contributed by atoms with Crippen LogP contribution < -0.4 is 5.32 Å². The van der Waals surface area contributed by atoms with Gasteiger partial charge >= 0.3 is 0 Å². The van der Waals surface area contributed by atoms with Crippen molar-refractivity contribution in [3.8, 4) is 0 Å². The predicted octanol–water partition coefficient (Wildman–Crippen LogP) is 5.17. The van der Waals surface area contributed by atoms with E-state index in [9.17, 15) is 4.79 Å². The van der Waals surface area contributed by atoms with Crippen LogP contribution in [0.4, 0.5) is 5.69 Å². The molecule has 0 unspecified atom stereocenters. The smallest absolute Gasteiger partial charge is 0.185 e. The van der Waals surface area contributed by atoms with Gasteiger partial charge in [-0.25, -0.2) is 0 Å². The number of benzene rings is 2. The number of hydrogen-bond donors (Lipinski definition) is 1. The van der Waals surface area contributed by atoms with Crippen LogP contribution in [0.1, 0.15) is 29.8 Å². The first kappa shape index (κ1) is 15.5. The van der Waals surface area contributed by atoms with Gasteiger partial charge in [-0.1, -0.05) is 34.1 Å². The highest BCUT2D eigenvalue weighted by atomic mass is 79.9. The summed E-state index contributed by atoms with van der Waals surface area (Å²) in [6, 6.07) is 15.7. The van der Waals surface area contributed by atoms with Gasteiger partial charge in [0, 0.05) is 21.8 Å². The molecular weight excluding hydrogens is 326 g/mol. The Labute approximate surface area is 134 Å². The van der Waals surface area contributed by atoms with E-state index in [1.165, 1.54) is 0 Å². The molecule has 0 spiro atoms.